The number of carboxylic acids is 2. The van der Waals surface area contributed by atoms with Crippen molar-refractivity contribution in [2.24, 2.45) is 0 Å². The number of hydrogen-bond acceptors (Lipinski definition) is 4. The number of carbonyl (C=O) groups excluding carboxylic acids is 1. The van der Waals surface area contributed by atoms with E-state index >= 15 is 0 Å². The summed E-state index contributed by atoms with van der Waals surface area (Å²) in [6.45, 7) is 4.14. The Balaban J connectivity index is 0.000000454. The van der Waals surface area contributed by atoms with Crippen LogP contribution in [0.4, 0.5) is 5.69 Å². The summed E-state index contributed by atoms with van der Waals surface area (Å²) in [5.41, 5.74) is 3.81. The molecule has 8 heteroatoms. The number of halogens is 1. The van der Waals surface area contributed by atoms with Gasteiger partial charge in [0.2, 0.25) is 5.91 Å². The number of piperidine rings is 1. The minimum Gasteiger partial charge on any atom is -0.473 e. The van der Waals surface area contributed by atoms with Crippen molar-refractivity contribution in [3.05, 3.63) is 64.7 Å². The Morgan fingerprint density at radius 2 is 1.67 bits per heavy atom. The largest absolute Gasteiger partial charge is 0.473 e. The van der Waals surface area contributed by atoms with Crippen LogP contribution in [0, 0.1) is 0 Å². The molecule has 0 radical (unpaired) electrons. The van der Waals surface area contributed by atoms with Crippen molar-refractivity contribution in [2.45, 2.75) is 38.0 Å². The third kappa shape index (κ3) is 7.04. The summed E-state index contributed by atoms with van der Waals surface area (Å²) < 4.78 is 0. The second-order valence-corrected chi connectivity index (χ2v) is 8.77. The van der Waals surface area contributed by atoms with Crippen LogP contribution in [0.1, 0.15) is 42.7 Å². The van der Waals surface area contributed by atoms with Crippen molar-refractivity contribution in [2.75, 3.05) is 31.1 Å². The van der Waals surface area contributed by atoms with Crippen molar-refractivity contribution >= 4 is 35.1 Å². The molecule has 176 valence electrons. The SMILES string of the molecule is O=C(O)C(=O)O.O=C1CCCCN1c1ccccc1CCN1CCC(c2ccc(Cl)cc2)C1. The molecule has 7 nitrogen and oxygen atoms in total. The minimum absolute atomic E-state index is 0.276. The van der Waals surface area contributed by atoms with Crippen molar-refractivity contribution in [1.82, 2.24) is 4.90 Å². The summed E-state index contributed by atoms with van der Waals surface area (Å²) in [5, 5.41) is 15.6. The Hall–Kier alpha value is -2.90. The van der Waals surface area contributed by atoms with E-state index in [2.05, 4.69) is 35.2 Å². The number of hydrogen-bond donors (Lipinski definition) is 2. The minimum atomic E-state index is -1.82. The van der Waals surface area contributed by atoms with Gasteiger partial charge in [0.25, 0.3) is 0 Å². The highest BCUT2D eigenvalue weighted by Crippen LogP contribution is 2.29. The van der Waals surface area contributed by atoms with Crippen LogP contribution in [0.2, 0.25) is 5.02 Å². The van der Waals surface area contributed by atoms with Crippen molar-refractivity contribution in [3.63, 3.8) is 0 Å². The molecule has 1 unspecified atom stereocenters. The fourth-order valence-corrected chi connectivity index (χ4v) is 4.49. The zero-order chi connectivity index (χ0) is 23.8. The van der Waals surface area contributed by atoms with Crippen LogP contribution in [-0.4, -0.2) is 59.1 Å². The van der Waals surface area contributed by atoms with Crippen LogP contribution < -0.4 is 4.90 Å². The number of carboxylic acid groups (broad SMARTS) is 2. The summed E-state index contributed by atoms with van der Waals surface area (Å²) in [5.74, 6) is -2.77. The molecule has 2 aromatic rings. The first-order chi connectivity index (χ1) is 15.8. The summed E-state index contributed by atoms with van der Waals surface area (Å²) in [6.07, 6.45) is 5.01. The van der Waals surface area contributed by atoms with Gasteiger partial charge in [-0.05, 0) is 67.5 Å². The average Bonchev–Trinajstić information content (AvgIpc) is 3.28. The smallest absolute Gasteiger partial charge is 0.414 e. The third-order valence-corrected chi connectivity index (χ3v) is 6.35. The summed E-state index contributed by atoms with van der Waals surface area (Å²) in [7, 11) is 0. The van der Waals surface area contributed by atoms with Crippen LogP contribution in [0.5, 0.6) is 0 Å². The monoisotopic (exact) mass is 472 g/mol. The van der Waals surface area contributed by atoms with E-state index in [0.29, 0.717) is 12.3 Å². The zero-order valence-corrected chi connectivity index (χ0v) is 19.2. The lowest BCUT2D eigenvalue weighted by Crippen LogP contribution is -2.36. The molecule has 2 fully saturated rings. The molecular weight excluding hydrogens is 444 g/mol. The molecule has 0 aliphatic carbocycles. The molecule has 2 aliphatic rings. The normalized spacial score (nSPS) is 18.5. The molecule has 33 heavy (non-hydrogen) atoms. The number of aliphatic carboxylic acids is 2. The number of likely N-dealkylation sites (tertiary alicyclic amines) is 1. The van der Waals surface area contributed by atoms with Gasteiger partial charge < -0.3 is 20.0 Å². The van der Waals surface area contributed by atoms with Gasteiger partial charge in [-0.2, -0.15) is 0 Å². The molecule has 0 spiro atoms. The summed E-state index contributed by atoms with van der Waals surface area (Å²) >= 11 is 6.02. The highest BCUT2D eigenvalue weighted by atomic mass is 35.5. The molecule has 0 saturated carbocycles. The van der Waals surface area contributed by atoms with Gasteiger partial charge in [0.15, 0.2) is 0 Å². The number of para-hydroxylation sites is 1. The van der Waals surface area contributed by atoms with Gasteiger partial charge in [-0.3, -0.25) is 4.79 Å². The summed E-state index contributed by atoms with van der Waals surface area (Å²) in [4.78, 5) is 35.1. The molecule has 2 N–H and O–H groups in total. The van der Waals surface area contributed by atoms with Crippen LogP contribution in [0.3, 0.4) is 0 Å². The van der Waals surface area contributed by atoms with Crippen LogP contribution in [0.25, 0.3) is 0 Å². The van der Waals surface area contributed by atoms with E-state index in [1.54, 1.807) is 0 Å². The van der Waals surface area contributed by atoms with Gasteiger partial charge in [-0.1, -0.05) is 41.9 Å². The van der Waals surface area contributed by atoms with E-state index in [1.807, 2.05) is 23.1 Å². The number of anilines is 1. The predicted octanol–water partition coefficient (Wildman–Crippen LogP) is 4.04. The van der Waals surface area contributed by atoms with Gasteiger partial charge in [0.1, 0.15) is 0 Å². The maximum Gasteiger partial charge on any atom is 0.414 e. The van der Waals surface area contributed by atoms with Gasteiger partial charge in [0.05, 0.1) is 0 Å². The first-order valence-electron chi connectivity index (χ1n) is 11.2. The Bertz CT molecular complexity index is 967. The number of carbonyl (C=O) groups is 3. The molecule has 4 rings (SSSR count). The fraction of sp³-hybridized carbons (Fsp3) is 0.400. The topological polar surface area (TPSA) is 98.1 Å². The molecule has 2 aliphatic heterocycles. The highest BCUT2D eigenvalue weighted by Gasteiger charge is 2.25. The molecule has 2 saturated heterocycles. The van der Waals surface area contributed by atoms with E-state index < -0.39 is 11.9 Å². The quantitative estimate of drug-likeness (QED) is 0.637. The zero-order valence-electron chi connectivity index (χ0n) is 18.5. The number of nitrogens with zero attached hydrogens (tertiary/aromatic N) is 2. The van der Waals surface area contributed by atoms with E-state index in [-0.39, 0.29) is 5.91 Å². The lowest BCUT2D eigenvalue weighted by molar-refractivity contribution is -0.159. The highest BCUT2D eigenvalue weighted by molar-refractivity contribution is 6.30. The number of benzene rings is 2. The van der Waals surface area contributed by atoms with Gasteiger partial charge >= 0.3 is 11.9 Å². The van der Waals surface area contributed by atoms with E-state index in [1.165, 1.54) is 17.5 Å². The van der Waals surface area contributed by atoms with Crippen LogP contribution in [-0.2, 0) is 20.8 Å². The Morgan fingerprint density at radius 1 is 0.970 bits per heavy atom. The molecule has 0 bridgehead atoms. The van der Waals surface area contributed by atoms with Crippen LogP contribution in [0.15, 0.2) is 48.5 Å². The maximum absolute atomic E-state index is 12.3. The Morgan fingerprint density at radius 3 is 2.33 bits per heavy atom. The first kappa shape index (κ1) is 24.7. The molecule has 2 aromatic carbocycles. The number of rotatable bonds is 5. The van der Waals surface area contributed by atoms with Crippen molar-refractivity contribution in [1.29, 1.82) is 0 Å². The fourth-order valence-electron chi connectivity index (χ4n) is 4.37. The van der Waals surface area contributed by atoms with Crippen LogP contribution >= 0.6 is 11.6 Å². The molecule has 1 atom stereocenters. The van der Waals surface area contributed by atoms with E-state index in [4.69, 9.17) is 31.4 Å². The Kier molecular flexibility index (Phi) is 8.86. The standard InChI is InChI=1S/C23H27ClN2O.C2H2O4/c24-21-10-8-18(9-11-21)20-13-16-25(17-20)15-12-19-5-1-2-6-22(19)26-14-4-3-7-23(26)27;3-1(4)2(5)6/h1-2,5-6,8-11,20H,3-4,7,12-17H2;(H,3,4)(H,5,6). The lowest BCUT2D eigenvalue weighted by atomic mass is 9.99. The predicted molar refractivity (Wildman–Crippen MR) is 127 cm³/mol. The lowest BCUT2D eigenvalue weighted by Gasteiger charge is -2.29. The van der Waals surface area contributed by atoms with Crippen molar-refractivity contribution in [3.8, 4) is 0 Å². The molecular formula is C25H29ClN2O5. The number of amides is 1. The maximum atomic E-state index is 12.3. The van der Waals surface area contributed by atoms with Gasteiger partial charge in [0, 0.05) is 36.8 Å². The van der Waals surface area contributed by atoms with Crippen molar-refractivity contribution < 1.29 is 24.6 Å². The second-order valence-electron chi connectivity index (χ2n) is 8.33. The summed E-state index contributed by atoms with van der Waals surface area (Å²) in [6, 6.07) is 16.7. The van der Waals surface area contributed by atoms with Gasteiger partial charge in [-0.15, -0.1) is 0 Å². The molecule has 2 heterocycles. The second kappa shape index (κ2) is 11.8. The first-order valence-corrected chi connectivity index (χ1v) is 11.5. The third-order valence-electron chi connectivity index (χ3n) is 6.10. The molecule has 0 aromatic heterocycles. The Labute approximate surface area is 198 Å². The van der Waals surface area contributed by atoms with Gasteiger partial charge in [-0.25, -0.2) is 9.59 Å². The molecule has 1 amide bonds. The average molecular weight is 473 g/mol. The van der Waals surface area contributed by atoms with E-state index in [0.717, 1.165) is 56.2 Å². The van der Waals surface area contributed by atoms with E-state index in [9.17, 15) is 4.79 Å².